The standard InChI is InChI=1S/C19H32O3/c1-13(12-22-14-8-10-18(2,21)11-14)15-6-7-16-17(20)5-4-9-19(15,16)3/h8,10,13-17,20-21H,4-7,9,11-12H2,1-3H3/t13-,14+,15+,16?,17?,18-,19+/m0/s1. The lowest BCUT2D eigenvalue weighted by Gasteiger charge is -2.45. The maximum absolute atomic E-state index is 10.3. The number of ether oxygens (including phenoxy) is 1. The lowest BCUT2D eigenvalue weighted by atomic mass is 9.62. The van der Waals surface area contributed by atoms with E-state index in [-0.39, 0.29) is 17.6 Å². The van der Waals surface area contributed by atoms with Crippen LogP contribution in [-0.2, 0) is 4.74 Å². The Morgan fingerprint density at radius 1 is 1.27 bits per heavy atom. The Hall–Kier alpha value is -0.380. The molecule has 7 atom stereocenters. The Morgan fingerprint density at radius 3 is 2.73 bits per heavy atom. The first kappa shape index (κ1) is 16.5. The van der Waals surface area contributed by atoms with E-state index in [1.807, 2.05) is 19.1 Å². The van der Waals surface area contributed by atoms with Crippen LogP contribution in [0.1, 0.15) is 59.3 Å². The average molecular weight is 308 g/mol. The van der Waals surface area contributed by atoms with Gasteiger partial charge in [0, 0.05) is 6.42 Å². The molecule has 0 radical (unpaired) electrons. The molecule has 0 saturated heterocycles. The van der Waals surface area contributed by atoms with Crippen LogP contribution < -0.4 is 0 Å². The number of aliphatic hydroxyl groups is 2. The highest BCUT2D eigenvalue weighted by molar-refractivity contribution is 5.11. The molecular weight excluding hydrogens is 276 g/mol. The average Bonchev–Trinajstić information content (AvgIpc) is 2.96. The highest BCUT2D eigenvalue weighted by Gasteiger charge is 2.52. The molecule has 3 aliphatic rings. The van der Waals surface area contributed by atoms with E-state index in [1.54, 1.807) is 0 Å². The summed E-state index contributed by atoms with van der Waals surface area (Å²) in [5, 5.41) is 20.3. The number of aliphatic hydroxyl groups excluding tert-OH is 1. The third-order valence-electron chi connectivity index (χ3n) is 6.71. The van der Waals surface area contributed by atoms with Crippen molar-refractivity contribution in [2.45, 2.75) is 77.1 Å². The molecule has 2 unspecified atom stereocenters. The molecule has 0 aromatic rings. The van der Waals surface area contributed by atoms with Gasteiger partial charge < -0.3 is 14.9 Å². The fourth-order valence-electron chi connectivity index (χ4n) is 5.49. The first-order valence-corrected chi connectivity index (χ1v) is 9.03. The van der Waals surface area contributed by atoms with Crippen LogP contribution >= 0.6 is 0 Å². The van der Waals surface area contributed by atoms with Gasteiger partial charge in [-0.1, -0.05) is 32.4 Å². The zero-order valence-corrected chi connectivity index (χ0v) is 14.3. The van der Waals surface area contributed by atoms with Crippen LogP contribution in [0.5, 0.6) is 0 Å². The van der Waals surface area contributed by atoms with E-state index in [1.165, 1.54) is 19.3 Å². The first-order valence-electron chi connectivity index (χ1n) is 9.03. The van der Waals surface area contributed by atoms with Crippen molar-refractivity contribution in [1.29, 1.82) is 0 Å². The topological polar surface area (TPSA) is 49.7 Å². The maximum Gasteiger partial charge on any atom is 0.0828 e. The van der Waals surface area contributed by atoms with Gasteiger partial charge in [0.15, 0.2) is 0 Å². The second-order valence-electron chi connectivity index (χ2n) is 8.53. The van der Waals surface area contributed by atoms with Crippen LogP contribution in [0.4, 0.5) is 0 Å². The maximum atomic E-state index is 10.3. The minimum Gasteiger partial charge on any atom is -0.393 e. The lowest BCUT2D eigenvalue weighted by Crippen LogP contribution is -2.42. The summed E-state index contributed by atoms with van der Waals surface area (Å²) in [6.45, 7) is 7.29. The molecule has 0 aromatic heterocycles. The van der Waals surface area contributed by atoms with Crippen molar-refractivity contribution in [2.24, 2.45) is 23.2 Å². The van der Waals surface area contributed by atoms with E-state index >= 15 is 0 Å². The van der Waals surface area contributed by atoms with Gasteiger partial charge in [-0.25, -0.2) is 0 Å². The molecule has 126 valence electrons. The van der Waals surface area contributed by atoms with E-state index < -0.39 is 5.60 Å². The molecule has 0 aliphatic heterocycles. The molecule has 0 aromatic carbocycles. The van der Waals surface area contributed by atoms with Crippen molar-refractivity contribution in [2.75, 3.05) is 6.61 Å². The third kappa shape index (κ3) is 3.00. The van der Waals surface area contributed by atoms with Crippen molar-refractivity contribution in [3.63, 3.8) is 0 Å². The number of fused-ring (bicyclic) bond motifs is 1. The second-order valence-corrected chi connectivity index (χ2v) is 8.53. The fraction of sp³-hybridized carbons (Fsp3) is 0.895. The lowest BCUT2D eigenvalue weighted by molar-refractivity contribution is -0.0456. The number of hydrogen-bond donors (Lipinski definition) is 2. The van der Waals surface area contributed by atoms with Crippen LogP contribution in [-0.4, -0.2) is 34.6 Å². The summed E-state index contributed by atoms with van der Waals surface area (Å²) in [5.74, 6) is 1.65. The van der Waals surface area contributed by atoms with Gasteiger partial charge in [0.1, 0.15) is 0 Å². The molecule has 2 N–H and O–H groups in total. The van der Waals surface area contributed by atoms with Gasteiger partial charge in [0.2, 0.25) is 0 Å². The van der Waals surface area contributed by atoms with Crippen LogP contribution in [0.15, 0.2) is 12.2 Å². The summed E-state index contributed by atoms with van der Waals surface area (Å²) in [7, 11) is 0. The van der Waals surface area contributed by atoms with Crippen molar-refractivity contribution < 1.29 is 14.9 Å². The Labute approximate surface area is 134 Å². The van der Waals surface area contributed by atoms with Crippen LogP contribution in [0, 0.1) is 23.2 Å². The van der Waals surface area contributed by atoms with Gasteiger partial charge in [-0.3, -0.25) is 0 Å². The predicted molar refractivity (Wildman–Crippen MR) is 87.5 cm³/mol. The summed E-state index contributed by atoms with van der Waals surface area (Å²) in [5.41, 5.74) is -0.413. The first-order chi connectivity index (χ1) is 10.3. The summed E-state index contributed by atoms with van der Waals surface area (Å²) in [4.78, 5) is 0. The van der Waals surface area contributed by atoms with Crippen LogP contribution in [0.25, 0.3) is 0 Å². The van der Waals surface area contributed by atoms with Crippen molar-refractivity contribution >= 4 is 0 Å². The van der Waals surface area contributed by atoms with Gasteiger partial charge in [-0.15, -0.1) is 0 Å². The Kier molecular flexibility index (Phi) is 4.43. The van der Waals surface area contributed by atoms with Gasteiger partial charge >= 0.3 is 0 Å². The Morgan fingerprint density at radius 2 is 2.05 bits per heavy atom. The van der Waals surface area contributed by atoms with Gasteiger partial charge in [0.25, 0.3) is 0 Å². The van der Waals surface area contributed by atoms with E-state index in [0.717, 1.165) is 19.4 Å². The largest absolute Gasteiger partial charge is 0.393 e. The molecule has 2 saturated carbocycles. The van der Waals surface area contributed by atoms with Gasteiger partial charge in [0.05, 0.1) is 24.4 Å². The minimum atomic E-state index is -0.703. The fourth-order valence-corrected chi connectivity index (χ4v) is 5.49. The molecule has 22 heavy (non-hydrogen) atoms. The summed E-state index contributed by atoms with van der Waals surface area (Å²) >= 11 is 0. The third-order valence-corrected chi connectivity index (χ3v) is 6.71. The van der Waals surface area contributed by atoms with Crippen LogP contribution in [0.2, 0.25) is 0 Å². The monoisotopic (exact) mass is 308 g/mol. The Balaban J connectivity index is 1.56. The minimum absolute atomic E-state index is 0.0550. The summed E-state index contributed by atoms with van der Waals surface area (Å²) in [6, 6.07) is 0. The molecule has 0 bridgehead atoms. The van der Waals surface area contributed by atoms with Crippen molar-refractivity contribution in [1.82, 2.24) is 0 Å². The molecular formula is C19H32O3. The van der Waals surface area contributed by atoms with Gasteiger partial charge in [-0.05, 0) is 55.8 Å². The number of hydrogen-bond acceptors (Lipinski definition) is 3. The van der Waals surface area contributed by atoms with E-state index in [0.29, 0.717) is 24.2 Å². The predicted octanol–water partition coefficient (Wildman–Crippen LogP) is 3.30. The quantitative estimate of drug-likeness (QED) is 0.784. The van der Waals surface area contributed by atoms with Crippen LogP contribution in [0.3, 0.4) is 0 Å². The molecule has 3 nitrogen and oxygen atoms in total. The molecule has 0 spiro atoms. The zero-order valence-electron chi connectivity index (χ0n) is 14.3. The van der Waals surface area contributed by atoms with Gasteiger partial charge in [-0.2, -0.15) is 0 Å². The molecule has 0 heterocycles. The van der Waals surface area contributed by atoms with Crippen molar-refractivity contribution in [3.8, 4) is 0 Å². The van der Waals surface area contributed by atoms with Crippen molar-refractivity contribution in [3.05, 3.63) is 12.2 Å². The molecule has 3 heteroatoms. The van der Waals surface area contributed by atoms with E-state index in [2.05, 4.69) is 13.8 Å². The Bertz CT molecular complexity index is 430. The van der Waals surface area contributed by atoms with E-state index in [4.69, 9.17) is 4.74 Å². The second kappa shape index (κ2) is 5.92. The molecule has 2 fully saturated rings. The highest BCUT2D eigenvalue weighted by atomic mass is 16.5. The summed E-state index contributed by atoms with van der Waals surface area (Å²) in [6.07, 6.45) is 10.3. The smallest absolute Gasteiger partial charge is 0.0828 e. The van der Waals surface area contributed by atoms with E-state index in [9.17, 15) is 10.2 Å². The molecule has 3 aliphatic carbocycles. The molecule has 0 amide bonds. The number of rotatable bonds is 4. The summed E-state index contributed by atoms with van der Waals surface area (Å²) < 4.78 is 6.06. The SMILES string of the molecule is C[C@@H](CO[C@@H]1C=C[C@](C)(O)C1)[C@H]1CCC2C(O)CCC[C@@]21C. The zero-order chi connectivity index (χ0) is 16.0. The highest BCUT2D eigenvalue weighted by Crippen LogP contribution is 2.57. The normalized spacial score (nSPS) is 49.3. The molecule has 3 rings (SSSR count).